The van der Waals surface area contributed by atoms with Crippen molar-refractivity contribution in [2.75, 3.05) is 0 Å². The molecular weight excluding hydrogens is 481 g/mol. The summed E-state index contributed by atoms with van der Waals surface area (Å²) in [6.07, 6.45) is -0.166. The first-order valence-electron chi connectivity index (χ1n) is 11.4. The maximum Gasteiger partial charge on any atom is 0.434 e. The zero-order valence-corrected chi connectivity index (χ0v) is 19.5. The molecule has 7 nitrogen and oxygen atoms in total. The number of aromatic amines is 1. The number of aryl methyl sites for hydroxylation is 1. The van der Waals surface area contributed by atoms with E-state index in [-0.39, 0.29) is 18.1 Å². The zero-order chi connectivity index (χ0) is 25.7. The molecule has 37 heavy (non-hydrogen) atoms. The minimum absolute atomic E-state index is 0.211. The number of halogens is 3. The molecule has 0 atom stereocenters. The summed E-state index contributed by atoms with van der Waals surface area (Å²) in [7, 11) is 1.52. The van der Waals surface area contributed by atoms with Gasteiger partial charge in [0.25, 0.3) is 0 Å². The summed E-state index contributed by atoms with van der Waals surface area (Å²) >= 11 is 0. The van der Waals surface area contributed by atoms with Crippen molar-refractivity contribution in [3.05, 3.63) is 101 Å². The Bertz CT molecular complexity index is 1830. The van der Waals surface area contributed by atoms with Crippen LogP contribution in [0.2, 0.25) is 0 Å². The van der Waals surface area contributed by atoms with E-state index in [9.17, 15) is 18.0 Å². The molecule has 0 unspecified atom stereocenters. The molecule has 0 amide bonds. The van der Waals surface area contributed by atoms with Crippen LogP contribution >= 0.6 is 0 Å². The van der Waals surface area contributed by atoms with Crippen molar-refractivity contribution in [3.63, 3.8) is 0 Å². The molecule has 2 aromatic carbocycles. The number of benzene rings is 2. The van der Waals surface area contributed by atoms with Crippen molar-refractivity contribution in [2.45, 2.75) is 12.7 Å². The minimum Gasteiger partial charge on any atom is -0.333 e. The number of hydrogen-bond donors (Lipinski definition) is 1. The highest BCUT2D eigenvalue weighted by molar-refractivity contribution is 5.85. The fourth-order valence-corrected chi connectivity index (χ4v) is 4.40. The maximum absolute atomic E-state index is 13.0. The summed E-state index contributed by atoms with van der Waals surface area (Å²) in [5.41, 5.74) is 3.82. The second-order valence-corrected chi connectivity index (χ2v) is 8.78. The highest BCUT2D eigenvalue weighted by Crippen LogP contribution is 2.31. The molecule has 0 aliphatic heterocycles. The van der Waals surface area contributed by atoms with E-state index in [0.717, 1.165) is 28.2 Å². The van der Waals surface area contributed by atoms with E-state index >= 15 is 0 Å². The molecule has 0 saturated carbocycles. The van der Waals surface area contributed by atoms with Crippen molar-refractivity contribution in [2.24, 2.45) is 7.05 Å². The summed E-state index contributed by atoms with van der Waals surface area (Å²) in [4.78, 5) is 28.3. The van der Waals surface area contributed by atoms with Gasteiger partial charge in [-0.2, -0.15) is 13.2 Å². The number of nitrogens with zero attached hydrogens (tertiary/aromatic N) is 5. The summed E-state index contributed by atoms with van der Waals surface area (Å²) < 4.78 is 42.0. The molecule has 0 bridgehead atoms. The Morgan fingerprint density at radius 1 is 0.946 bits per heavy atom. The standard InChI is InChI=1S/C27H19F3N6O/c1-35-15-24(27(28,29)30)34-25(35)17-8-6-16(7-9-17)14-36-23-11-21(32-13-22(23)33-26(36)37)19-10-18-4-2-3-5-20(18)31-12-19/h2-13,15H,14H2,1H3,(H,33,37). The fraction of sp³-hybridized carbons (Fsp3) is 0.111. The van der Waals surface area contributed by atoms with Crippen LogP contribution in [0.1, 0.15) is 11.3 Å². The number of imidazole rings is 2. The van der Waals surface area contributed by atoms with Crippen LogP contribution in [0.15, 0.2) is 84.0 Å². The fourth-order valence-electron chi connectivity index (χ4n) is 4.40. The predicted molar refractivity (Wildman–Crippen MR) is 134 cm³/mol. The zero-order valence-electron chi connectivity index (χ0n) is 19.5. The Balaban J connectivity index is 1.32. The van der Waals surface area contributed by atoms with E-state index in [4.69, 9.17) is 0 Å². The Hall–Kier alpha value is -4.73. The van der Waals surface area contributed by atoms with Gasteiger partial charge in [0.15, 0.2) is 5.69 Å². The van der Waals surface area contributed by atoms with Crippen LogP contribution in [-0.4, -0.2) is 29.1 Å². The predicted octanol–water partition coefficient (Wildman–Crippen LogP) is 5.41. The summed E-state index contributed by atoms with van der Waals surface area (Å²) in [6.45, 7) is 0.271. The maximum atomic E-state index is 13.0. The third-order valence-electron chi connectivity index (χ3n) is 6.27. The number of H-pyrrole nitrogens is 1. The van der Waals surface area contributed by atoms with Crippen LogP contribution < -0.4 is 5.69 Å². The van der Waals surface area contributed by atoms with E-state index in [1.54, 1.807) is 41.2 Å². The quantitative estimate of drug-likeness (QED) is 0.351. The molecule has 6 rings (SSSR count). The molecule has 0 radical (unpaired) electrons. The Morgan fingerprint density at radius 2 is 1.73 bits per heavy atom. The number of nitrogens with one attached hydrogen (secondary N) is 1. The van der Waals surface area contributed by atoms with Gasteiger partial charge in [-0.3, -0.25) is 14.5 Å². The number of alkyl halides is 3. The lowest BCUT2D eigenvalue weighted by Gasteiger charge is -2.07. The molecule has 6 aromatic rings. The largest absolute Gasteiger partial charge is 0.434 e. The van der Waals surface area contributed by atoms with Gasteiger partial charge < -0.3 is 9.55 Å². The molecule has 0 spiro atoms. The van der Waals surface area contributed by atoms with Gasteiger partial charge in [-0.25, -0.2) is 9.78 Å². The van der Waals surface area contributed by atoms with Gasteiger partial charge in [-0.1, -0.05) is 42.5 Å². The first-order chi connectivity index (χ1) is 17.8. The van der Waals surface area contributed by atoms with Crippen molar-refractivity contribution in [3.8, 4) is 22.6 Å². The van der Waals surface area contributed by atoms with Crippen molar-refractivity contribution in [1.82, 2.24) is 29.1 Å². The minimum atomic E-state index is -4.51. The average molecular weight is 500 g/mol. The normalized spacial score (nSPS) is 12.0. The molecule has 10 heteroatoms. The third kappa shape index (κ3) is 4.16. The Kier molecular flexibility index (Phi) is 5.18. The van der Waals surface area contributed by atoms with E-state index in [2.05, 4.69) is 19.9 Å². The van der Waals surface area contributed by atoms with E-state index < -0.39 is 11.9 Å². The number of rotatable bonds is 4. The van der Waals surface area contributed by atoms with Crippen molar-refractivity contribution < 1.29 is 13.2 Å². The van der Waals surface area contributed by atoms with Crippen molar-refractivity contribution >= 4 is 21.9 Å². The smallest absolute Gasteiger partial charge is 0.333 e. The highest BCUT2D eigenvalue weighted by atomic mass is 19.4. The van der Waals surface area contributed by atoms with E-state index in [0.29, 0.717) is 22.3 Å². The molecule has 1 N–H and O–H groups in total. The van der Waals surface area contributed by atoms with Gasteiger partial charge in [0, 0.05) is 36.0 Å². The van der Waals surface area contributed by atoms with Crippen molar-refractivity contribution in [1.29, 1.82) is 0 Å². The second kappa shape index (κ2) is 8.44. The summed E-state index contributed by atoms with van der Waals surface area (Å²) in [5, 5.41) is 0.989. The van der Waals surface area contributed by atoms with E-state index in [1.165, 1.54) is 11.6 Å². The van der Waals surface area contributed by atoms with Gasteiger partial charge in [0.2, 0.25) is 0 Å². The number of pyridine rings is 2. The molecule has 0 aliphatic carbocycles. The Morgan fingerprint density at radius 3 is 2.49 bits per heavy atom. The highest BCUT2D eigenvalue weighted by Gasteiger charge is 2.34. The van der Waals surface area contributed by atoms with Crippen LogP contribution in [0.4, 0.5) is 13.2 Å². The number of para-hydroxylation sites is 1. The number of hydrogen-bond acceptors (Lipinski definition) is 4. The van der Waals surface area contributed by atoms with Gasteiger partial charge in [0.1, 0.15) is 5.82 Å². The molecule has 4 heterocycles. The number of aromatic nitrogens is 6. The molecule has 0 fully saturated rings. The summed E-state index contributed by atoms with van der Waals surface area (Å²) in [6, 6.07) is 18.6. The van der Waals surface area contributed by atoms with Gasteiger partial charge in [-0.15, -0.1) is 0 Å². The van der Waals surface area contributed by atoms with Crippen LogP contribution in [0.3, 0.4) is 0 Å². The first kappa shape index (κ1) is 22.7. The second-order valence-electron chi connectivity index (χ2n) is 8.78. The van der Waals surface area contributed by atoms with Crippen LogP contribution in [0.5, 0.6) is 0 Å². The monoisotopic (exact) mass is 500 g/mol. The van der Waals surface area contributed by atoms with Gasteiger partial charge in [-0.05, 0) is 23.8 Å². The number of fused-ring (bicyclic) bond motifs is 2. The lowest BCUT2D eigenvalue weighted by Crippen LogP contribution is -2.17. The molecule has 0 saturated heterocycles. The van der Waals surface area contributed by atoms with Gasteiger partial charge in [0.05, 0.1) is 35.0 Å². The molecule has 0 aliphatic rings. The first-order valence-corrected chi connectivity index (χ1v) is 11.4. The average Bonchev–Trinajstić information content (AvgIpc) is 3.43. The van der Waals surface area contributed by atoms with Crippen LogP contribution in [0.25, 0.3) is 44.6 Å². The van der Waals surface area contributed by atoms with Crippen LogP contribution in [0, 0.1) is 0 Å². The third-order valence-corrected chi connectivity index (χ3v) is 6.27. The lowest BCUT2D eigenvalue weighted by atomic mass is 10.1. The van der Waals surface area contributed by atoms with Crippen LogP contribution in [-0.2, 0) is 19.8 Å². The van der Waals surface area contributed by atoms with Gasteiger partial charge >= 0.3 is 11.9 Å². The topological polar surface area (TPSA) is 81.4 Å². The molecular formula is C27H19F3N6O. The van der Waals surface area contributed by atoms with E-state index in [1.807, 2.05) is 36.4 Å². The SMILES string of the molecule is Cn1cc(C(F)(F)F)nc1-c1ccc(Cn2c(=O)[nH]c3cnc(-c4cnc5ccccc5c4)cc32)cc1. The molecule has 4 aromatic heterocycles. The molecule has 184 valence electrons. The Labute approximate surface area is 207 Å². The summed E-state index contributed by atoms with van der Waals surface area (Å²) in [5.74, 6) is 0.211. The lowest BCUT2D eigenvalue weighted by molar-refractivity contribution is -0.140.